The van der Waals surface area contributed by atoms with Gasteiger partial charge in [-0.2, -0.15) is 0 Å². The summed E-state index contributed by atoms with van der Waals surface area (Å²) in [6, 6.07) is 17.3. The Labute approximate surface area is 137 Å². The Morgan fingerprint density at radius 2 is 1.78 bits per heavy atom. The average molecular weight is 326 g/mol. The molecule has 0 radical (unpaired) electrons. The molecule has 3 aromatic rings. The van der Waals surface area contributed by atoms with Crippen LogP contribution in [0.15, 0.2) is 70.6 Å². The van der Waals surface area contributed by atoms with Crippen LogP contribution < -0.4 is 5.56 Å². The molecule has 0 N–H and O–H groups in total. The van der Waals surface area contributed by atoms with Gasteiger partial charge in [-0.05, 0) is 24.0 Å². The third-order valence-electron chi connectivity index (χ3n) is 3.48. The van der Waals surface area contributed by atoms with Crippen LogP contribution in [0.4, 0.5) is 4.39 Å². The highest BCUT2D eigenvalue weighted by Gasteiger charge is 2.10. The molecule has 2 aromatic carbocycles. The molecule has 0 spiro atoms. The second-order valence-corrected chi connectivity index (χ2v) is 5.82. The van der Waals surface area contributed by atoms with Crippen LogP contribution in [0.5, 0.6) is 0 Å². The number of hydrogen-bond acceptors (Lipinski definition) is 3. The van der Waals surface area contributed by atoms with E-state index in [9.17, 15) is 9.18 Å². The highest BCUT2D eigenvalue weighted by Crippen LogP contribution is 2.19. The van der Waals surface area contributed by atoms with Crippen LogP contribution in [0.25, 0.3) is 11.3 Å². The first-order chi connectivity index (χ1) is 11.2. The van der Waals surface area contributed by atoms with E-state index in [0.29, 0.717) is 17.4 Å². The van der Waals surface area contributed by atoms with Gasteiger partial charge in [0.1, 0.15) is 5.82 Å². The Balaban J connectivity index is 2.01. The minimum absolute atomic E-state index is 0.118. The summed E-state index contributed by atoms with van der Waals surface area (Å²) in [5.41, 5.74) is 2.31. The summed E-state index contributed by atoms with van der Waals surface area (Å²) >= 11 is 1.42. The summed E-state index contributed by atoms with van der Waals surface area (Å²) in [7, 11) is 0. The molecule has 0 aliphatic rings. The van der Waals surface area contributed by atoms with Crippen molar-refractivity contribution in [1.29, 1.82) is 0 Å². The SMILES string of the molecule is CSc1nc(-c2ccccc2)cc(=O)n1Cc1ccc(F)cc1. The summed E-state index contributed by atoms with van der Waals surface area (Å²) in [5, 5.41) is 0.640. The second kappa shape index (κ2) is 6.79. The van der Waals surface area contributed by atoms with Crippen LogP contribution in [-0.4, -0.2) is 15.8 Å². The summed E-state index contributed by atoms with van der Waals surface area (Å²) in [5.74, 6) is -0.288. The van der Waals surface area contributed by atoms with E-state index < -0.39 is 0 Å². The van der Waals surface area contributed by atoms with Gasteiger partial charge in [0, 0.05) is 11.6 Å². The molecular formula is C18H15FN2OS. The number of aromatic nitrogens is 2. The molecule has 3 nitrogen and oxygen atoms in total. The van der Waals surface area contributed by atoms with Crippen molar-refractivity contribution in [2.75, 3.05) is 6.26 Å². The van der Waals surface area contributed by atoms with Gasteiger partial charge in [-0.3, -0.25) is 9.36 Å². The lowest BCUT2D eigenvalue weighted by molar-refractivity contribution is 0.621. The molecular weight excluding hydrogens is 311 g/mol. The number of benzene rings is 2. The Kier molecular flexibility index (Phi) is 4.57. The van der Waals surface area contributed by atoms with Gasteiger partial charge in [0.15, 0.2) is 5.16 Å². The van der Waals surface area contributed by atoms with E-state index in [2.05, 4.69) is 4.98 Å². The first kappa shape index (κ1) is 15.5. The minimum Gasteiger partial charge on any atom is -0.283 e. The molecule has 0 bridgehead atoms. The smallest absolute Gasteiger partial charge is 0.255 e. The van der Waals surface area contributed by atoms with E-state index in [1.807, 2.05) is 36.6 Å². The van der Waals surface area contributed by atoms with Crippen LogP contribution >= 0.6 is 11.8 Å². The van der Waals surface area contributed by atoms with Crippen molar-refractivity contribution < 1.29 is 4.39 Å². The molecule has 0 aliphatic carbocycles. The second-order valence-electron chi connectivity index (χ2n) is 5.04. The zero-order valence-corrected chi connectivity index (χ0v) is 13.4. The molecule has 116 valence electrons. The maximum atomic E-state index is 13.0. The van der Waals surface area contributed by atoms with Crippen molar-refractivity contribution in [1.82, 2.24) is 9.55 Å². The van der Waals surface area contributed by atoms with E-state index in [4.69, 9.17) is 0 Å². The molecule has 0 amide bonds. The van der Waals surface area contributed by atoms with Gasteiger partial charge in [0.2, 0.25) is 0 Å². The number of nitrogens with zero attached hydrogens (tertiary/aromatic N) is 2. The summed E-state index contributed by atoms with van der Waals surface area (Å²) in [6.07, 6.45) is 1.89. The Bertz CT molecular complexity index is 860. The Morgan fingerprint density at radius 3 is 2.43 bits per heavy atom. The Hall–Kier alpha value is -2.40. The molecule has 23 heavy (non-hydrogen) atoms. The zero-order chi connectivity index (χ0) is 16.2. The monoisotopic (exact) mass is 326 g/mol. The van der Waals surface area contributed by atoms with E-state index >= 15 is 0 Å². The molecule has 0 saturated carbocycles. The number of rotatable bonds is 4. The molecule has 3 rings (SSSR count). The van der Waals surface area contributed by atoms with Gasteiger partial charge in [-0.1, -0.05) is 54.2 Å². The van der Waals surface area contributed by atoms with Gasteiger partial charge >= 0.3 is 0 Å². The molecule has 0 saturated heterocycles. The fourth-order valence-electron chi connectivity index (χ4n) is 2.32. The first-order valence-corrected chi connectivity index (χ1v) is 8.35. The third kappa shape index (κ3) is 3.51. The quantitative estimate of drug-likeness (QED) is 0.540. The predicted octanol–water partition coefficient (Wildman–Crippen LogP) is 3.82. The number of thioether (sulfide) groups is 1. The fraction of sp³-hybridized carbons (Fsp3) is 0.111. The largest absolute Gasteiger partial charge is 0.283 e. The van der Waals surface area contributed by atoms with Crippen LogP contribution in [0.3, 0.4) is 0 Å². The topological polar surface area (TPSA) is 34.9 Å². The summed E-state index contributed by atoms with van der Waals surface area (Å²) in [6.45, 7) is 0.372. The van der Waals surface area contributed by atoms with Crippen molar-refractivity contribution >= 4 is 11.8 Å². The maximum absolute atomic E-state index is 13.0. The van der Waals surface area contributed by atoms with Gasteiger partial charge in [0.25, 0.3) is 5.56 Å². The predicted molar refractivity (Wildman–Crippen MR) is 91.2 cm³/mol. The molecule has 1 aromatic heterocycles. The standard InChI is InChI=1S/C18H15FN2OS/c1-23-18-20-16(14-5-3-2-4-6-14)11-17(22)21(18)12-13-7-9-15(19)10-8-13/h2-11H,12H2,1H3. The van der Waals surface area contributed by atoms with E-state index in [1.165, 1.54) is 23.9 Å². The molecule has 0 fully saturated rings. The number of halogens is 1. The van der Waals surface area contributed by atoms with Crippen LogP contribution in [0, 0.1) is 5.82 Å². The number of hydrogen-bond donors (Lipinski definition) is 0. The lowest BCUT2D eigenvalue weighted by atomic mass is 10.1. The van der Waals surface area contributed by atoms with Crippen molar-refractivity contribution in [3.8, 4) is 11.3 Å². The van der Waals surface area contributed by atoms with E-state index in [0.717, 1.165) is 11.1 Å². The van der Waals surface area contributed by atoms with Crippen molar-refractivity contribution in [2.24, 2.45) is 0 Å². The highest BCUT2D eigenvalue weighted by molar-refractivity contribution is 7.98. The molecule has 5 heteroatoms. The minimum atomic E-state index is -0.288. The van der Waals surface area contributed by atoms with Gasteiger partial charge in [0.05, 0.1) is 12.2 Å². The van der Waals surface area contributed by atoms with Crippen LogP contribution in [0.2, 0.25) is 0 Å². The molecule has 0 unspecified atom stereocenters. The maximum Gasteiger partial charge on any atom is 0.255 e. The zero-order valence-electron chi connectivity index (χ0n) is 12.6. The van der Waals surface area contributed by atoms with Crippen LogP contribution in [-0.2, 0) is 6.54 Å². The van der Waals surface area contributed by atoms with E-state index in [1.54, 1.807) is 22.8 Å². The van der Waals surface area contributed by atoms with E-state index in [-0.39, 0.29) is 11.4 Å². The normalized spacial score (nSPS) is 10.7. The van der Waals surface area contributed by atoms with Gasteiger partial charge < -0.3 is 0 Å². The van der Waals surface area contributed by atoms with Crippen molar-refractivity contribution in [3.05, 3.63) is 82.4 Å². The summed E-state index contributed by atoms with van der Waals surface area (Å²) < 4.78 is 14.6. The molecule has 1 heterocycles. The van der Waals surface area contributed by atoms with Crippen molar-refractivity contribution in [3.63, 3.8) is 0 Å². The lowest BCUT2D eigenvalue weighted by Crippen LogP contribution is -2.23. The molecule has 0 atom stereocenters. The average Bonchev–Trinajstić information content (AvgIpc) is 2.59. The summed E-state index contributed by atoms with van der Waals surface area (Å²) in [4.78, 5) is 17.1. The molecule has 0 aliphatic heterocycles. The lowest BCUT2D eigenvalue weighted by Gasteiger charge is -2.12. The highest BCUT2D eigenvalue weighted by atomic mass is 32.2. The first-order valence-electron chi connectivity index (χ1n) is 7.13. The van der Waals surface area contributed by atoms with Crippen LogP contribution in [0.1, 0.15) is 5.56 Å². The fourth-order valence-corrected chi connectivity index (χ4v) is 2.88. The third-order valence-corrected chi connectivity index (χ3v) is 4.16. The Morgan fingerprint density at radius 1 is 1.09 bits per heavy atom. The van der Waals surface area contributed by atoms with Crippen molar-refractivity contribution in [2.45, 2.75) is 11.7 Å². The van der Waals surface area contributed by atoms with Gasteiger partial charge in [-0.25, -0.2) is 9.37 Å². The van der Waals surface area contributed by atoms with Gasteiger partial charge in [-0.15, -0.1) is 0 Å².